The fourth-order valence-electron chi connectivity index (χ4n) is 3.31. The smallest absolute Gasteiger partial charge is 0.330 e. The lowest BCUT2D eigenvalue weighted by Gasteiger charge is -2.28. The van der Waals surface area contributed by atoms with Gasteiger partial charge in [0.25, 0.3) is 11.8 Å². The zero-order valence-corrected chi connectivity index (χ0v) is 16.9. The van der Waals surface area contributed by atoms with Crippen molar-refractivity contribution in [3.8, 4) is 0 Å². The van der Waals surface area contributed by atoms with Crippen LogP contribution in [0.15, 0.2) is 24.3 Å². The second kappa shape index (κ2) is 8.93. The number of carbonyl (C=O) groups excluding carboxylic acids is 3. The van der Waals surface area contributed by atoms with E-state index in [1.54, 1.807) is 28.9 Å². The van der Waals surface area contributed by atoms with Crippen molar-refractivity contribution in [1.29, 1.82) is 0 Å². The third kappa shape index (κ3) is 4.03. The molecule has 1 aliphatic heterocycles. The summed E-state index contributed by atoms with van der Waals surface area (Å²) in [5.41, 5.74) is 0.615. The summed E-state index contributed by atoms with van der Waals surface area (Å²) >= 11 is 0. The summed E-state index contributed by atoms with van der Waals surface area (Å²) in [5, 5.41) is 11.4. The first-order chi connectivity index (χ1) is 14.0. The minimum atomic E-state index is -1.01. The first kappa shape index (κ1) is 20.6. The molecule has 2 aromatic rings. The standard InChI is InChI=1S/C20H25N5O4/c1-4-6-11-24-16(21-22-23-24)12-29-20(28)17(13(3)5-2)25-18(26)14-9-7-8-10-15(14)19(25)27/h7-10,13,17H,4-6,11-12H2,1-3H3/t13-,17-/m0/s1. The molecule has 3 rings (SSSR count). The van der Waals surface area contributed by atoms with E-state index in [2.05, 4.69) is 22.4 Å². The number of nitrogens with zero attached hydrogens (tertiary/aromatic N) is 5. The summed E-state index contributed by atoms with van der Waals surface area (Å²) in [6, 6.07) is 5.57. The molecule has 0 saturated heterocycles. The fraction of sp³-hybridized carbons (Fsp3) is 0.500. The maximum Gasteiger partial charge on any atom is 0.330 e. The zero-order valence-electron chi connectivity index (χ0n) is 16.9. The number of imide groups is 1. The number of rotatable bonds is 9. The van der Waals surface area contributed by atoms with Crippen LogP contribution in [-0.4, -0.2) is 48.9 Å². The molecule has 0 saturated carbocycles. The van der Waals surface area contributed by atoms with Gasteiger partial charge < -0.3 is 4.74 Å². The van der Waals surface area contributed by atoms with Gasteiger partial charge in [0, 0.05) is 6.54 Å². The van der Waals surface area contributed by atoms with Gasteiger partial charge in [-0.15, -0.1) is 5.10 Å². The highest BCUT2D eigenvalue weighted by Gasteiger charge is 2.45. The number of esters is 1. The monoisotopic (exact) mass is 399 g/mol. The Morgan fingerprint density at radius 3 is 2.38 bits per heavy atom. The van der Waals surface area contributed by atoms with E-state index in [1.807, 2.05) is 13.8 Å². The van der Waals surface area contributed by atoms with Gasteiger partial charge in [0.05, 0.1) is 11.1 Å². The van der Waals surface area contributed by atoms with Crippen LogP contribution >= 0.6 is 0 Å². The normalized spacial score (nSPS) is 15.3. The van der Waals surface area contributed by atoms with E-state index in [1.165, 1.54) is 0 Å². The summed E-state index contributed by atoms with van der Waals surface area (Å²) < 4.78 is 7.05. The molecule has 1 aromatic carbocycles. The molecular weight excluding hydrogens is 374 g/mol. The number of ether oxygens (including phenoxy) is 1. The summed E-state index contributed by atoms with van der Waals surface area (Å²) in [7, 11) is 0. The Labute approximate surface area is 169 Å². The first-order valence-electron chi connectivity index (χ1n) is 9.88. The van der Waals surface area contributed by atoms with Crippen molar-refractivity contribution >= 4 is 17.8 Å². The number of hydrogen-bond acceptors (Lipinski definition) is 7. The third-order valence-electron chi connectivity index (χ3n) is 5.20. The number of fused-ring (bicyclic) bond motifs is 1. The Kier molecular flexibility index (Phi) is 6.36. The maximum absolute atomic E-state index is 12.9. The van der Waals surface area contributed by atoms with Crippen molar-refractivity contribution in [3.63, 3.8) is 0 Å². The van der Waals surface area contributed by atoms with Crippen LogP contribution in [0.25, 0.3) is 0 Å². The molecule has 1 aliphatic rings. The lowest BCUT2D eigenvalue weighted by Crippen LogP contribution is -2.49. The molecule has 1 aromatic heterocycles. The SMILES string of the molecule is CCCCn1nnnc1COC(=O)[C@H]([C@@H](C)CC)N1C(=O)c2ccccc2C1=O. The molecule has 2 heterocycles. The fourth-order valence-corrected chi connectivity index (χ4v) is 3.31. The predicted molar refractivity (Wildman–Crippen MR) is 103 cm³/mol. The molecule has 9 nitrogen and oxygen atoms in total. The van der Waals surface area contributed by atoms with Crippen LogP contribution in [0.4, 0.5) is 0 Å². The number of aryl methyl sites for hydroxylation is 1. The van der Waals surface area contributed by atoms with E-state index < -0.39 is 23.8 Å². The largest absolute Gasteiger partial charge is 0.456 e. The Balaban J connectivity index is 1.78. The van der Waals surface area contributed by atoms with Gasteiger partial charge in [-0.2, -0.15) is 0 Å². The number of aromatic nitrogens is 4. The van der Waals surface area contributed by atoms with E-state index in [4.69, 9.17) is 4.74 Å². The van der Waals surface area contributed by atoms with E-state index in [9.17, 15) is 14.4 Å². The van der Waals surface area contributed by atoms with Gasteiger partial charge in [-0.25, -0.2) is 9.48 Å². The van der Waals surface area contributed by atoms with Gasteiger partial charge in [0.2, 0.25) is 0 Å². The van der Waals surface area contributed by atoms with Gasteiger partial charge in [-0.1, -0.05) is 45.7 Å². The topological polar surface area (TPSA) is 107 Å². The summed E-state index contributed by atoms with van der Waals surface area (Å²) in [5.74, 6) is -1.42. The van der Waals surface area contributed by atoms with Gasteiger partial charge >= 0.3 is 5.97 Å². The van der Waals surface area contributed by atoms with Crippen LogP contribution < -0.4 is 0 Å². The highest BCUT2D eigenvalue weighted by molar-refractivity contribution is 6.22. The molecule has 0 N–H and O–H groups in total. The van der Waals surface area contributed by atoms with Gasteiger partial charge in [0.15, 0.2) is 12.4 Å². The van der Waals surface area contributed by atoms with Crippen molar-refractivity contribution in [3.05, 3.63) is 41.2 Å². The van der Waals surface area contributed by atoms with Crippen molar-refractivity contribution in [2.24, 2.45) is 5.92 Å². The molecule has 29 heavy (non-hydrogen) atoms. The summed E-state index contributed by atoms with van der Waals surface area (Å²) in [4.78, 5) is 39.7. The minimum absolute atomic E-state index is 0.119. The van der Waals surface area contributed by atoms with E-state index in [0.717, 1.165) is 17.7 Å². The first-order valence-corrected chi connectivity index (χ1v) is 9.88. The van der Waals surface area contributed by atoms with Crippen LogP contribution in [0, 0.1) is 5.92 Å². The molecule has 9 heteroatoms. The van der Waals surface area contributed by atoms with E-state index in [0.29, 0.717) is 29.9 Å². The number of unbranched alkanes of at least 4 members (excludes halogenated alkanes) is 1. The van der Waals surface area contributed by atoms with Gasteiger partial charge in [-0.3, -0.25) is 14.5 Å². The third-order valence-corrected chi connectivity index (χ3v) is 5.20. The van der Waals surface area contributed by atoms with Crippen LogP contribution in [0.2, 0.25) is 0 Å². The average molecular weight is 399 g/mol. The number of benzene rings is 1. The molecule has 0 unspecified atom stereocenters. The molecule has 0 radical (unpaired) electrons. The van der Waals surface area contributed by atoms with Crippen molar-refractivity contribution in [1.82, 2.24) is 25.1 Å². The van der Waals surface area contributed by atoms with Crippen LogP contribution in [-0.2, 0) is 22.7 Å². The molecule has 0 spiro atoms. The lowest BCUT2D eigenvalue weighted by atomic mass is 9.97. The van der Waals surface area contributed by atoms with Gasteiger partial charge in [-0.05, 0) is 34.9 Å². The second-order valence-corrected chi connectivity index (χ2v) is 7.14. The molecule has 154 valence electrons. The van der Waals surface area contributed by atoms with Crippen LogP contribution in [0.5, 0.6) is 0 Å². The maximum atomic E-state index is 12.9. The van der Waals surface area contributed by atoms with Crippen molar-refractivity contribution in [2.75, 3.05) is 0 Å². The Morgan fingerprint density at radius 2 is 1.79 bits per heavy atom. The molecule has 0 aliphatic carbocycles. The van der Waals surface area contributed by atoms with Crippen LogP contribution in [0.1, 0.15) is 66.6 Å². The quantitative estimate of drug-likeness (QED) is 0.470. The average Bonchev–Trinajstić information content (AvgIpc) is 3.29. The van der Waals surface area contributed by atoms with Crippen LogP contribution in [0.3, 0.4) is 0 Å². The van der Waals surface area contributed by atoms with E-state index >= 15 is 0 Å². The number of amides is 2. The number of carbonyl (C=O) groups is 3. The molecule has 0 bridgehead atoms. The molecule has 0 fully saturated rings. The van der Waals surface area contributed by atoms with Crippen molar-refractivity contribution < 1.29 is 19.1 Å². The highest BCUT2D eigenvalue weighted by atomic mass is 16.5. The summed E-state index contributed by atoms with van der Waals surface area (Å²) in [6.45, 7) is 6.29. The Morgan fingerprint density at radius 1 is 1.14 bits per heavy atom. The molecule has 2 atom stereocenters. The highest BCUT2D eigenvalue weighted by Crippen LogP contribution is 2.28. The Bertz CT molecular complexity index is 875. The second-order valence-electron chi connectivity index (χ2n) is 7.14. The number of tetrazole rings is 1. The Hall–Kier alpha value is -3.10. The molecule has 2 amide bonds. The lowest BCUT2D eigenvalue weighted by molar-refractivity contribution is -0.151. The minimum Gasteiger partial charge on any atom is -0.456 e. The zero-order chi connectivity index (χ0) is 21.0. The predicted octanol–water partition coefficient (Wildman–Crippen LogP) is 2.23. The molecular formula is C20H25N5O4. The van der Waals surface area contributed by atoms with Gasteiger partial charge in [0.1, 0.15) is 6.04 Å². The summed E-state index contributed by atoms with van der Waals surface area (Å²) in [6.07, 6.45) is 2.48. The number of hydrogen-bond donors (Lipinski definition) is 0. The van der Waals surface area contributed by atoms with E-state index in [-0.39, 0.29) is 12.5 Å². The van der Waals surface area contributed by atoms with Crippen molar-refractivity contribution in [2.45, 2.75) is 59.2 Å².